The van der Waals surface area contributed by atoms with Gasteiger partial charge in [-0.15, -0.1) is 0 Å². The number of unbranched alkanes of at least 4 members (excludes halogenated alkanes) is 7. The predicted octanol–water partition coefficient (Wildman–Crippen LogP) is 8.53. The molecular formula is C31H45FN2O2. The first kappa shape index (κ1) is 28.3. The molecule has 0 bridgehead atoms. The lowest BCUT2D eigenvalue weighted by Gasteiger charge is -2.29. The first-order valence-electron chi connectivity index (χ1n) is 14.4. The van der Waals surface area contributed by atoms with Crippen molar-refractivity contribution in [1.82, 2.24) is 9.97 Å². The molecule has 36 heavy (non-hydrogen) atoms. The van der Waals surface area contributed by atoms with Crippen LogP contribution in [0.3, 0.4) is 0 Å². The number of benzene rings is 1. The second-order valence-corrected chi connectivity index (χ2v) is 10.4. The van der Waals surface area contributed by atoms with E-state index < -0.39 is 12.1 Å². The van der Waals surface area contributed by atoms with Crippen LogP contribution in [0.2, 0.25) is 0 Å². The van der Waals surface area contributed by atoms with E-state index in [-0.39, 0.29) is 12.5 Å². The third kappa shape index (κ3) is 9.29. The molecule has 1 aromatic carbocycles. The maximum atomic E-state index is 13.9. The molecule has 198 valence electrons. The first-order chi connectivity index (χ1) is 17.6. The lowest BCUT2D eigenvalue weighted by molar-refractivity contribution is -0.157. The van der Waals surface area contributed by atoms with Crippen LogP contribution < -0.4 is 0 Å². The number of carbonyl (C=O) groups is 1. The van der Waals surface area contributed by atoms with Crippen LogP contribution in [0.5, 0.6) is 0 Å². The molecule has 1 saturated carbocycles. The lowest BCUT2D eigenvalue weighted by Crippen LogP contribution is -2.28. The zero-order chi connectivity index (χ0) is 25.6. The summed E-state index contributed by atoms with van der Waals surface area (Å²) in [6, 6.07) is 8.55. The summed E-state index contributed by atoms with van der Waals surface area (Å²) < 4.78 is 19.4. The van der Waals surface area contributed by atoms with E-state index in [2.05, 4.69) is 41.2 Å². The Morgan fingerprint density at radius 3 is 2.14 bits per heavy atom. The molecule has 0 N–H and O–H groups in total. The topological polar surface area (TPSA) is 52.1 Å². The highest BCUT2D eigenvalue weighted by atomic mass is 19.1. The number of aromatic nitrogens is 2. The van der Waals surface area contributed by atoms with Gasteiger partial charge in [0.05, 0.1) is 0 Å². The molecule has 1 aromatic heterocycles. The van der Waals surface area contributed by atoms with Crippen LogP contribution in [0.15, 0.2) is 36.7 Å². The van der Waals surface area contributed by atoms with E-state index in [1.165, 1.54) is 56.1 Å². The van der Waals surface area contributed by atoms with Crippen molar-refractivity contribution in [2.75, 3.05) is 0 Å². The van der Waals surface area contributed by atoms with Crippen LogP contribution in [0.1, 0.15) is 121 Å². The Labute approximate surface area is 217 Å². The molecule has 3 rings (SSSR count). The van der Waals surface area contributed by atoms with E-state index in [9.17, 15) is 9.18 Å². The van der Waals surface area contributed by atoms with Crippen LogP contribution in [0, 0.1) is 0 Å². The molecule has 0 spiro atoms. The number of hydrogen-bond acceptors (Lipinski definition) is 4. The third-order valence-electron chi connectivity index (χ3n) is 7.44. The van der Waals surface area contributed by atoms with Crippen molar-refractivity contribution in [3.8, 4) is 11.4 Å². The van der Waals surface area contributed by atoms with E-state index in [0.29, 0.717) is 12.3 Å². The maximum absolute atomic E-state index is 13.9. The van der Waals surface area contributed by atoms with E-state index in [1.54, 1.807) is 0 Å². The number of alkyl halides is 1. The van der Waals surface area contributed by atoms with Crippen molar-refractivity contribution in [2.45, 2.75) is 128 Å². The second-order valence-electron chi connectivity index (χ2n) is 10.4. The molecule has 1 aliphatic rings. The number of carbonyl (C=O) groups excluding carboxylic acids is 1. The zero-order valence-corrected chi connectivity index (χ0v) is 22.4. The molecule has 1 heterocycles. The number of nitrogens with zero attached hydrogens (tertiary/aromatic N) is 2. The molecule has 1 aliphatic carbocycles. The number of hydrogen-bond donors (Lipinski definition) is 0. The minimum atomic E-state index is -1.48. The number of ether oxygens (including phenoxy) is 1. The van der Waals surface area contributed by atoms with Crippen LogP contribution >= 0.6 is 0 Å². The van der Waals surface area contributed by atoms with Crippen LogP contribution in [-0.4, -0.2) is 28.2 Å². The first-order valence-corrected chi connectivity index (χ1v) is 14.4. The Balaban J connectivity index is 1.40. The summed E-state index contributed by atoms with van der Waals surface area (Å²) in [6.45, 7) is 4.25. The van der Waals surface area contributed by atoms with Crippen molar-refractivity contribution in [2.24, 2.45) is 0 Å². The van der Waals surface area contributed by atoms with E-state index in [4.69, 9.17) is 4.74 Å². The minimum absolute atomic E-state index is 0.152. The van der Waals surface area contributed by atoms with E-state index in [0.717, 1.165) is 49.9 Å². The van der Waals surface area contributed by atoms with Crippen molar-refractivity contribution in [1.29, 1.82) is 0 Å². The van der Waals surface area contributed by atoms with Gasteiger partial charge in [0, 0.05) is 18.0 Å². The Hall–Kier alpha value is -2.30. The van der Waals surface area contributed by atoms with E-state index in [1.807, 2.05) is 19.3 Å². The molecule has 1 atom stereocenters. The molecule has 1 fully saturated rings. The molecule has 0 amide bonds. The number of esters is 1. The molecule has 0 radical (unpaired) electrons. The monoisotopic (exact) mass is 496 g/mol. The fourth-order valence-electron chi connectivity index (χ4n) is 5.08. The number of halogens is 1. The standard InChI is InChI=1S/C31H45FN2O2/c1-3-5-7-8-9-10-11-12-24-22-33-30(34-23-24)27-16-14-25(15-17-27)26-18-20-28(21-19-26)36-31(35)29(32)13-6-4-2/h14-17,22-23,26,28-29H,3-13,18-21H2,1-2H3/t26?,28?,29-/m0/s1. The summed E-state index contributed by atoms with van der Waals surface area (Å²) >= 11 is 0. The summed E-state index contributed by atoms with van der Waals surface area (Å²) in [5.41, 5.74) is 3.54. The lowest BCUT2D eigenvalue weighted by atomic mass is 9.82. The Kier molecular flexibility index (Phi) is 12.4. The quantitative estimate of drug-likeness (QED) is 0.183. The van der Waals surface area contributed by atoms with Gasteiger partial charge >= 0.3 is 5.97 Å². The Morgan fingerprint density at radius 1 is 0.889 bits per heavy atom. The van der Waals surface area contributed by atoms with Gasteiger partial charge in [-0.05, 0) is 62.0 Å². The molecule has 4 nitrogen and oxygen atoms in total. The average molecular weight is 497 g/mol. The fourth-order valence-corrected chi connectivity index (χ4v) is 5.08. The molecule has 5 heteroatoms. The summed E-state index contributed by atoms with van der Waals surface area (Å²) in [5, 5.41) is 0. The largest absolute Gasteiger partial charge is 0.460 e. The van der Waals surface area contributed by atoms with Crippen molar-refractivity contribution < 1.29 is 13.9 Å². The van der Waals surface area contributed by atoms with Crippen molar-refractivity contribution in [3.63, 3.8) is 0 Å². The predicted molar refractivity (Wildman–Crippen MR) is 145 cm³/mol. The van der Waals surface area contributed by atoms with E-state index >= 15 is 0 Å². The molecule has 2 aromatic rings. The normalized spacial score (nSPS) is 18.6. The fraction of sp³-hybridized carbons (Fsp3) is 0.645. The third-order valence-corrected chi connectivity index (χ3v) is 7.44. The van der Waals surface area contributed by atoms with Gasteiger partial charge in [0.25, 0.3) is 0 Å². The molecule has 0 unspecified atom stereocenters. The SMILES string of the molecule is CCCCCCCCCc1cnc(-c2ccc(C3CCC(OC(=O)[C@@H](F)CCCC)CC3)cc2)nc1. The zero-order valence-electron chi connectivity index (χ0n) is 22.4. The van der Waals surface area contributed by atoms with Gasteiger partial charge in [0.2, 0.25) is 0 Å². The van der Waals surface area contributed by atoms with Gasteiger partial charge < -0.3 is 4.74 Å². The molecular weight excluding hydrogens is 451 g/mol. The summed E-state index contributed by atoms with van der Waals surface area (Å²) in [5.74, 6) is 0.537. The Morgan fingerprint density at radius 2 is 1.50 bits per heavy atom. The highest BCUT2D eigenvalue weighted by molar-refractivity contribution is 5.74. The molecule has 0 saturated heterocycles. The van der Waals surface area contributed by atoms with Gasteiger partial charge in [0.15, 0.2) is 12.0 Å². The van der Waals surface area contributed by atoms with Gasteiger partial charge in [-0.1, -0.05) is 89.5 Å². The highest BCUT2D eigenvalue weighted by Crippen LogP contribution is 2.35. The van der Waals surface area contributed by atoms with Gasteiger partial charge in [-0.3, -0.25) is 0 Å². The number of aryl methyl sites for hydroxylation is 1. The second kappa shape index (κ2) is 15.7. The van der Waals surface area contributed by atoms with Crippen LogP contribution in [0.4, 0.5) is 4.39 Å². The summed E-state index contributed by atoms with van der Waals surface area (Å²) in [4.78, 5) is 21.2. The number of rotatable bonds is 15. The van der Waals surface area contributed by atoms with Gasteiger partial charge in [0.1, 0.15) is 6.10 Å². The smallest absolute Gasteiger partial charge is 0.340 e. The highest BCUT2D eigenvalue weighted by Gasteiger charge is 2.27. The summed E-state index contributed by atoms with van der Waals surface area (Å²) in [7, 11) is 0. The van der Waals surface area contributed by atoms with Crippen molar-refractivity contribution >= 4 is 5.97 Å². The average Bonchev–Trinajstić information content (AvgIpc) is 2.92. The Bertz CT molecular complexity index is 876. The molecule has 0 aliphatic heterocycles. The van der Waals surface area contributed by atoms with Crippen LogP contribution in [-0.2, 0) is 16.0 Å². The van der Waals surface area contributed by atoms with Gasteiger partial charge in [-0.25, -0.2) is 19.2 Å². The van der Waals surface area contributed by atoms with Crippen LogP contribution in [0.25, 0.3) is 11.4 Å². The van der Waals surface area contributed by atoms with Gasteiger partial charge in [-0.2, -0.15) is 0 Å². The maximum Gasteiger partial charge on any atom is 0.340 e. The minimum Gasteiger partial charge on any atom is -0.460 e. The summed E-state index contributed by atoms with van der Waals surface area (Å²) in [6.07, 6.45) is 17.9. The van der Waals surface area contributed by atoms with Crippen molar-refractivity contribution in [3.05, 3.63) is 47.8 Å².